The van der Waals surface area contributed by atoms with Crippen molar-refractivity contribution >= 4 is 63.4 Å². The predicted octanol–water partition coefficient (Wildman–Crippen LogP) is 4.19. The summed E-state index contributed by atoms with van der Waals surface area (Å²) in [5.41, 5.74) is 0.482. The maximum absolute atomic E-state index is 11.9. The number of hydrogen-bond acceptors (Lipinski definition) is 6. The maximum atomic E-state index is 11.9. The minimum atomic E-state index is -0.0454. The van der Waals surface area contributed by atoms with Crippen LogP contribution < -0.4 is 0 Å². The topological polar surface area (TPSA) is 42.9 Å². The number of Topliss-reactive ketones (excluding diaryl/α,β-unsaturated/α-hetero) is 1. The third kappa shape index (κ3) is 3.42. The zero-order chi connectivity index (χ0) is 12.4. The van der Waals surface area contributed by atoms with E-state index >= 15 is 0 Å². The van der Waals surface area contributed by atoms with Crippen LogP contribution in [0.5, 0.6) is 0 Å². The third-order valence-electron chi connectivity index (χ3n) is 1.79. The molecule has 2 rings (SSSR count). The van der Waals surface area contributed by atoms with Crippen molar-refractivity contribution in [3.05, 3.63) is 25.3 Å². The van der Waals surface area contributed by atoms with E-state index in [9.17, 15) is 4.79 Å². The average Bonchev–Trinajstić information content (AvgIpc) is 2.81. The Bertz CT molecular complexity index is 552. The summed E-state index contributed by atoms with van der Waals surface area (Å²) < 4.78 is 1.75. The van der Waals surface area contributed by atoms with Crippen molar-refractivity contribution in [3.63, 3.8) is 0 Å². The lowest BCUT2D eigenvalue weighted by Gasteiger charge is -1.96. The van der Waals surface area contributed by atoms with Gasteiger partial charge in [0.05, 0.1) is 10.1 Å². The number of carbonyl (C=O) groups excluding carboxylic acids is 1. The summed E-state index contributed by atoms with van der Waals surface area (Å²) in [6.45, 7) is 1.87. The van der Waals surface area contributed by atoms with E-state index in [2.05, 4.69) is 10.2 Å². The monoisotopic (exact) mass is 324 g/mol. The van der Waals surface area contributed by atoms with Gasteiger partial charge in [0.2, 0.25) is 0 Å². The van der Waals surface area contributed by atoms with E-state index in [4.69, 9.17) is 23.2 Å². The SMILES string of the molecule is Cc1nnc(SCC(=O)c2cc(Cl)sc2Cl)s1. The second-order valence-corrected chi connectivity index (χ2v) is 7.73. The van der Waals surface area contributed by atoms with Gasteiger partial charge in [0, 0.05) is 5.56 Å². The normalized spacial score (nSPS) is 10.8. The van der Waals surface area contributed by atoms with Gasteiger partial charge in [0.1, 0.15) is 9.34 Å². The van der Waals surface area contributed by atoms with Crippen LogP contribution in [0.25, 0.3) is 0 Å². The summed E-state index contributed by atoms with van der Waals surface area (Å²) in [5.74, 6) is 0.248. The molecule has 0 aliphatic heterocycles. The number of thioether (sulfide) groups is 1. The van der Waals surface area contributed by atoms with E-state index in [1.165, 1.54) is 34.4 Å². The second kappa shape index (κ2) is 5.67. The van der Waals surface area contributed by atoms with Crippen LogP contribution in [0, 0.1) is 6.92 Å². The Morgan fingerprint density at radius 2 is 2.18 bits per heavy atom. The summed E-state index contributed by atoms with van der Waals surface area (Å²) in [6, 6.07) is 1.60. The summed E-state index contributed by atoms with van der Waals surface area (Å²) in [4.78, 5) is 11.9. The summed E-state index contributed by atoms with van der Waals surface area (Å²) in [6.07, 6.45) is 0. The first-order chi connectivity index (χ1) is 8.06. The Balaban J connectivity index is 2.00. The van der Waals surface area contributed by atoms with Crippen LogP contribution in [0.3, 0.4) is 0 Å². The van der Waals surface area contributed by atoms with Crippen molar-refractivity contribution in [3.8, 4) is 0 Å². The molecule has 0 atom stereocenters. The molecule has 0 saturated heterocycles. The van der Waals surface area contributed by atoms with Crippen LogP contribution in [-0.2, 0) is 0 Å². The van der Waals surface area contributed by atoms with Gasteiger partial charge >= 0.3 is 0 Å². The standard InChI is InChI=1S/C9H6Cl2N2OS3/c1-4-12-13-9(16-4)15-3-6(14)5-2-7(10)17-8(5)11/h2H,3H2,1H3. The first kappa shape index (κ1) is 13.3. The molecule has 0 saturated carbocycles. The van der Waals surface area contributed by atoms with E-state index in [0.717, 1.165) is 9.35 Å². The van der Waals surface area contributed by atoms with E-state index in [0.29, 0.717) is 20.0 Å². The number of hydrogen-bond donors (Lipinski definition) is 0. The van der Waals surface area contributed by atoms with Crippen LogP contribution in [-0.4, -0.2) is 21.7 Å². The largest absolute Gasteiger partial charge is 0.293 e. The van der Waals surface area contributed by atoms with Crippen molar-refractivity contribution in [2.45, 2.75) is 11.3 Å². The molecular formula is C9H6Cl2N2OS3. The van der Waals surface area contributed by atoms with Gasteiger partial charge in [-0.25, -0.2) is 0 Å². The molecule has 2 aromatic rings. The molecule has 3 nitrogen and oxygen atoms in total. The van der Waals surface area contributed by atoms with E-state index in [1.54, 1.807) is 6.07 Å². The molecule has 0 amide bonds. The van der Waals surface area contributed by atoms with Gasteiger partial charge in [-0.15, -0.1) is 21.5 Å². The average molecular weight is 325 g/mol. The smallest absolute Gasteiger partial charge is 0.175 e. The number of ketones is 1. The fraction of sp³-hybridized carbons (Fsp3) is 0.222. The molecule has 0 radical (unpaired) electrons. The Morgan fingerprint density at radius 1 is 1.41 bits per heavy atom. The van der Waals surface area contributed by atoms with E-state index in [1.807, 2.05) is 6.92 Å². The van der Waals surface area contributed by atoms with E-state index < -0.39 is 0 Å². The van der Waals surface area contributed by atoms with Gasteiger partial charge in [-0.1, -0.05) is 46.3 Å². The van der Waals surface area contributed by atoms with Gasteiger partial charge in [-0.3, -0.25) is 4.79 Å². The molecule has 0 aliphatic rings. The highest BCUT2D eigenvalue weighted by molar-refractivity contribution is 8.01. The first-order valence-corrected chi connectivity index (χ1v) is 7.84. The molecule has 2 aromatic heterocycles. The number of halogens is 2. The van der Waals surface area contributed by atoms with Crippen LogP contribution in [0.1, 0.15) is 15.4 Å². The van der Waals surface area contributed by atoms with Crippen molar-refractivity contribution in [2.24, 2.45) is 0 Å². The summed E-state index contributed by atoms with van der Waals surface area (Å²) in [7, 11) is 0. The number of aryl methyl sites for hydroxylation is 1. The highest BCUT2D eigenvalue weighted by Crippen LogP contribution is 2.32. The number of aromatic nitrogens is 2. The lowest BCUT2D eigenvalue weighted by molar-refractivity contribution is 0.102. The van der Waals surface area contributed by atoms with Gasteiger partial charge in [0.25, 0.3) is 0 Å². The van der Waals surface area contributed by atoms with Gasteiger partial charge < -0.3 is 0 Å². The molecule has 0 N–H and O–H groups in total. The van der Waals surface area contributed by atoms with E-state index in [-0.39, 0.29) is 5.78 Å². The fourth-order valence-electron chi connectivity index (χ4n) is 1.07. The van der Waals surface area contributed by atoms with Crippen LogP contribution in [0.2, 0.25) is 8.67 Å². The minimum Gasteiger partial charge on any atom is -0.293 e. The number of thiophene rings is 1. The molecule has 2 heterocycles. The van der Waals surface area contributed by atoms with Crippen molar-refractivity contribution in [1.82, 2.24) is 10.2 Å². The summed E-state index contributed by atoms with van der Waals surface area (Å²) >= 11 is 15.7. The minimum absolute atomic E-state index is 0.0454. The van der Waals surface area contributed by atoms with Gasteiger partial charge in [-0.2, -0.15) is 0 Å². The molecule has 0 aliphatic carbocycles. The summed E-state index contributed by atoms with van der Waals surface area (Å²) in [5, 5.41) is 8.70. The Morgan fingerprint density at radius 3 is 2.71 bits per heavy atom. The zero-order valence-electron chi connectivity index (χ0n) is 8.57. The number of rotatable bonds is 4. The van der Waals surface area contributed by atoms with Crippen molar-refractivity contribution in [2.75, 3.05) is 5.75 Å². The molecule has 0 aromatic carbocycles. The zero-order valence-corrected chi connectivity index (χ0v) is 12.5. The van der Waals surface area contributed by atoms with Crippen LogP contribution >= 0.6 is 57.6 Å². The molecule has 90 valence electrons. The molecule has 0 spiro atoms. The molecular weight excluding hydrogens is 319 g/mol. The first-order valence-electron chi connectivity index (χ1n) is 4.47. The lowest BCUT2D eigenvalue weighted by Crippen LogP contribution is -2.00. The molecule has 0 unspecified atom stereocenters. The fourth-order valence-corrected chi connectivity index (χ4v) is 4.27. The van der Waals surface area contributed by atoms with Crippen molar-refractivity contribution < 1.29 is 4.79 Å². The Kier molecular flexibility index (Phi) is 4.43. The predicted molar refractivity (Wildman–Crippen MR) is 74.0 cm³/mol. The molecule has 0 bridgehead atoms. The van der Waals surface area contributed by atoms with Crippen molar-refractivity contribution in [1.29, 1.82) is 0 Å². The maximum Gasteiger partial charge on any atom is 0.175 e. The van der Waals surface area contributed by atoms with Gasteiger partial charge in [-0.05, 0) is 13.0 Å². The highest BCUT2D eigenvalue weighted by Gasteiger charge is 2.15. The number of nitrogens with zero attached hydrogens (tertiary/aromatic N) is 2. The molecule has 8 heteroatoms. The van der Waals surface area contributed by atoms with Crippen LogP contribution in [0.4, 0.5) is 0 Å². The lowest BCUT2D eigenvalue weighted by atomic mass is 10.2. The highest BCUT2D eigenvalue weighted by atomic mass is 35.5. The number of carbonyl (C=O) groups is 1. The second-order valence-electron chi connectivity index (χ2n) is 3.04. The van der Waals surface area contributed by atoms with Gasteiger partial charge in [0.15, 0.2) is 10.1 Å². The Hall–Kier alpha value is -0.140. The van der Waals surface area contributed by atoms with Crippen LogP contribution in [0.15, 0.2) is 10.4 Å². The quantitative estimate of drug-likeness (QED) is 0.624. The molecule has 17 heavy (non-hydrogen) atoms. The third-order valence-corrected chi connectivity index (χ3v) is 5.25. The Labute approximate surface area is 120 Å². The molecule has 0 fully saturated rings.